The molecule has 0 spiro atoms. The van der Waals surface area contributed by atoms with E-state index in [0.29, 0.717) is 24.7 Å². The molecule has 1 atom stereocenters. The van der Waals surface area contributed by atoms with Crippen molar-refractivity contribution in [1.29, 1.82) is 0 Å². The molecule has 26 heavy (non-hydrogen) atoms. The van der Waals surface area contributed by atoms with E-state index in [0.717, 1.165) is 11.1 Å². The van der Waals surface area contributed by atoms with Crippen molar-refractivity contribution in [2.24, 2.45) is 0 Å². The summed E-state index contributed by atoms with van der Waals surface area (Å²) in [5, 5.41) is 0. The van der Waals surface area contributed by atoms with Gasteiger partial charge in [-0.05, 0) is 30.2 Å². The zero-order valence-electron chi connectivity index (χ0n) is 15.1. The van der Waals surface area contributed by atoms with Gasteiger partial charge in [-0.15, -0.1) is 0 Å². The molecule has 2 aromatic rings. The fourth-order valence-electron chi connectivity index (χ4n) is 3.10. The summed E-state index contributed by atoms with van der Waals surface area (Å²) in [5.74, 6) is 0.762. The average Bonchev–Trinajstić information content (AvgIpc) is 2.68. The van der Waals surface area contributed by atoms with Gasteiger partial charge in [-0.25, -0.2) is 8.42 Å². The van der Waals surface area contributed by atoms with Crippen LogP contribution >= 0.6 is 0 Å². The van der Waals surface area contributed by atoms with E-state index in [1.54, 1.807) is 12.1 Å². The first-order valence-electron chi connectivity index (χ1n) is 8.36. The second-order valence-corrected chi connectivity index (χ2v) is 8.00. The molecule has 1 heterocycles. The van der Waals surface area contributed by atoms with Gasteiger partial charge in [0.05, 0.1) is 26.9 Å². The van der Waals surface area contributed by atoms with Gasteiger partial charge in [0.2, 0.25) is 10.0 Å². The van der Waals surface area contributed by atoms with Crippen molar-refractivity contribution in [3.05, 3.63) is 53.6 Å². The predicted octanol–water partition coefficient (Wildman–Crippen LogP) is 2.77. The van der Waals surface area contributed by atoms with Crippen molar-refractivity contribution in [3.63, 3.8) is 0 Å². The highest BCUT2D eigenvalue weighted by Crippen LogP contribution is 2.33. The Bertz CT molecular complexity index is 881. The fourth-order valence-corrected chi connectivity index (χ4v) is 4.70. The topological polar surface area (TPSA) is 65.1 Å². The quantitative estimate of drug-likeness (QED) is 0.802. The van der Waals surface area contributed by atoms with E-state index >= 15 is 0 Å². The summed E-state index contributed by atoms with van der Waals surface area (Å²) >= 11 is 0. The van der Waals surface area contributed by atoms with Gasteiger partial charge in [0.25, 0.3) is 0 Å². The summed E-state index contributed by atoms with van der Waals surface area (Å²) < 4.78 is 44.2. The molecule has 1 aliphatic rings. The summed E-state index contributed by atoms with van der Waals surface area (Å²) in [5.41, 5.74) is 2.08. The van der Waals surface area contributed by atoms with E-state index in [1.807, 2.05) is 31.2 Å². The second-order valence-electron chi connectivity index (χ2n) is 6.10. The van der Waals surface area contributed by atoms with Gasteiger partial charge < -0.3 is 14.2 Å². The van der Waals surface area contributed by atoms with E-state index in [2.05, 4.69) is 0 Å². The molecular weight excluding hydrogens is 354 g/mol. The number of rotatable bonds is 5. The molecule has 1 aliphatic heterocycles. The minimum Gasteiger partial charge on any atom is -0.497 e. The van der Waals surface area contributed by atoms with Gasteiger partial charge in [-0.3, -0.25) is 0 Å². The van der Waals surface area contributed by atoms with Gasteiger partial charge in [0.15, 0.2) is 0 Å². The van der Waals surface area contributed by atoms with Crippen molar-refractivity contribution < 1.29 is 22.6 Å². The van der Waals surface area contributed by atoms with Gasteiger partial charge in [0.1, 0.15) is 16.4 Å². The molecule has 1 unspecified atom stereocenters. The van der Waals surface area contributed by atoms with Gasteiger partial charge >= 0.3 is 0 Å². The number of ether oxygens (including phenoxy) is 3. The van der Waals surface area contributed by atoms with Gasteiger partial charge in [-0.2, -0.15) is 4.31 Å². The Morgan fingerprint density at radius 1 is 1.12 bits per heavy atom. The van der Waals surface area contributed by atoms with Crippen LogP contribution < -0.4 is 9.47 Å². The minimum atomic E-state index is -3.74. The van der Waals surface area contributed by atoms with Crippen molar-refractivity contribution in [2.75, 3.05) is 33.9 Å². The van der Waals surface area contributed by atoms with Gasteiger partial charge in [0, 0.05) is 19.2 Å². The van der Waals surface area contributed by atoms with Crippen LogP contribution in [0.1, 0.15) is 17.2 Å². The summed E-state index contributed by atoms with van der Waals surface area (Å²) in [7, 11) is -0.787. The third-order valence-corrected chi connectivity index (χ3v) is 6.44. The Morgan fingerprint density at radius 3 is 2.58 bits per heavy atom. The van der Waals surface area contributed by atoms with Gasteiger partial charge in [-0.1, -0.05) is 24.3 Å². The molecule has 7 heteroatoms. The Hall–Kier alpha value is -2.09. The summed E-state index contributed by atoms with van der Waals surface area (Å²) in [6.45, 7) is 2.89. The van der Waals surface area contributed by atoms with Crippen molar-refractivity contribution in [2.45, 2.75) is 17.9 Å². The second kappa shape index (κ2) is 7.65. The minimum absolute atomic E-state index is 0.102. The smallest absolute Gasteiger partial charge is 0.247 e. The van der Waals surface area contributed by atoms with Crippen LogP contribution in [0.5, 0.6) is 11.5 Å². The zero-order valence-corrected chi connectivity index (χ0v) is 16.0. The first-order valence-corrected chi connectivity index (χ1v) is 9.80. The molecule has 0 amide bonds. The number of aryl methyl sites for hydroxylation is 1. The van der Waals surface area contributed by atoms with Crippen LogP contribution in [0, 0.1) is 6.92 Å². The summed E-state index contributed by atoms with van der Waals surface area (Å²) in [6.07, 6.45) is -0.295. The maximum absolute atomic E-state index is 13.2. The van der Waals surface area contributed by atoms with Crippen molar-refractivity contribution >= 4 is 10.0 Å². The van der Waals surface area contributed by atoms with Crippen molar-refractivity contribution in [3.8, 4) is 11.5 Å². The SMILES string of the molecule is COc1ccc(OC)c(S(=O)(=O)N2CCOC(c3ccccc3C)C2)c1. The molecule has 0 radical (unpaired) electrons. The highest BCUT2D eigenvalue weighted by Gasteiger charge is 2.34. The molecule has 2 aromatic carbocycles. The molecule has 0 bridgehead atoms. The standard InChI is InChI=1S/C19H23NO5S/c1-14-6-4-5-7-16(14)18-13-20(10-11-25-18)26(21,22)19-12-15(23-2)8-9-17(19)24-3/h4-9,12,18H,10-11,13H2,1-3H3. The lowest BCUT2D eigenvalue weighted by atomic mass is 10.0. The van der Waals surface area contributed by atoms with Crippen molar-refractivity contribution in [1.82, 2.24) is 4.31 Å². The zero-order chi connectivity index (χ0) is 18.7. The maximum Gasteiger partial charge on any atom is 0.247 e. The third-order valence-electron chi connectivity index (χ3n) is 4.55. The number of hydrogen-bond donors (Lipinski definition) is 0. The Kier molecular flexibility index (Phi) is 5.50. The molecule has 0 saturated carbocycles. The molecule has 140 valence electrons. The first kappa shape index (κ1) is 18.7. The van der Waals surface area contributed by atoms with Crippen LogP contribution in [0.3, 0.4) is 0 Å². The number of hydrogen-bond acceptors (Lipinski definition) is 5. The average molecular weight is 377 g/mol. The largest absolute Gasteiger partial charge is 0.497 e. The van der Waals surface area contributed by atoms with Crippen LogP contribution in [-0.2, 0) is 14.8 Å². The van der Waals surface area contributed by atoms with Crippen LogP contribution in [0.25, 0.3) is 0 Å². The molecule has 1 saturated heterocycles. The van der Waals surface area contributed by atoms with E-state index in [9.17, 15) is 8.42 Å². The van der Waals surface area contributed by atoms with Crippen LogP contribution in [0.4, 0.5) is 0 Å². The number of methoxy groups -OCH3 is 2. The van der Waals surface area contributed by atoms with E-state index in [4.69, 9.17) is 14.2 Å². The Morgan fingerprint density at radius 2 is 1.88 bits per heavy atom. The van der Waals surface area contributed by atoms with E-state index in [1.165, 1.54) is 24.6 Å². The molecule has 0 N–H and O–H groups in total. The predicted molar refractivity (Wildman–Crippen MR) is 98.2 cm³/mol. The lowest BCUT2D eigenvalue weighted by Crippen LogP contribution is -2.42. The number of nitrogens with zero attached hydrogens (tertiary/aromatic N) is 1. The van der Waals surface area contributed by atoms with E-state index in [-0.39, 0.29) is 17.5 Å². The molecule has 3 rings (SSSR count). The molecule has 6 nitrogen and oxygen atoms in total. The summed E-state index contributed by atoms with van der Waals surface area (Å²) in [6, 6.07) is 12.6. The van der Waals surface area contributed by atoms with Crippen LogP contribution in [0.15, 0.2) is 47.4 Å². The van der Waals surface area contributed by atoms with Crippen LogP contribution in [0.2, 0.25) is 0 Å². The number of morpholine rings is 1. The molecule has 1 fully saturated rings. The fraction of sp³-hybridized carbons (Fsp3) is 0.368. The number of benzene rings is 2. The highest BCUT2D eigenvalue weighted by molar-refractivity contribution is 7.89. The highest BCUT2D eigenvalue weighted by atomic mass is 32.2. The molecular formula is C19H23NO5S. The monoisotopic (exact) mass is 377 g/mol. The number of sulfonamides is 1. The Labute approximate surface area is 154 Å². The van der Waals surface area contributed by atoms with E-state index < -0.39 is 10.0 Å². The lowest BCUT2D eigenvalue weighted by Gasteiger charge is -2.33. The Balaban J connectivity index is 1.94. The van der Waals surface area contributed by atoms with Crippen LogP contribution in [-0.4, -0.2) is 46.6 Å². The first-order chi connectivity index (χ1) is 12.5. The molecule has 0 aromatic heterocycles. The third kappa shape index (κ3) is 3.56. The lowest BCUT2D eigenvalue weighted by molar-refractivity contribution is -0.00292. The molecule has 0 aliphatic carbocycles. The summed E-state index contributed by atoms with van der Waals surface area (Å²) in [4.78, 5) is 0.102. The normalized spacial score (nSPS) is 18.5. The maximum atomic E-state index is 13.2.